The summed E-state index contributed by atoms with van der Waals surface area (Å²) in [5.74, 6) is -0.795. The molecule has 0 aliphatic rings. The minimum atomic E-state index is -4.52. The van der Waals surface area contributed by atoms with Gasteiger partial charge >= 0.3 is 6.18 Å². The van der Waals surface area contributed by atoms with E-state index in [4.69, 9.17) is 9.47 Å². The maximum atomic E-state index is 14.6. The fraction of sp³-hybridized carbons (Fsp3) is 0.143. The lowest BCUT2D eigenvalue weighted by atomic mass is 10.2. The molecule has 0 aliphatic carbocycles. The Hall–Kier alpha value is -3.62. The van der Waals surface area contributed by atoms with Crippen molar-refractivity contribution in [3.05, 3.63) is 78.5 Å². The van der Waals surface area contributed by atoms with Crippen molar-refractivity contribution in [2.45, 2.75) is 12.8 Å². The topological polar surface area (TPSA) is 49.2 Å². The molecule has 2 aromatic carbocycles. The maximum Gasteiger partial charge on any atom is 0.422 e. The molecule has 2 aromatic heterocycles. The first-order valence-electron chi connectivity index (χ1n) is 8.89. The number of rotatable bonds is 6. The van der Waals surface area contributed by atoms with Gasteiger partial charge in [0.15, 0.2) is 18.2 Å². The molecular weight excluding hydrogens is 402 g/mol. The highest BCUT2D eigenvalue weighted by atomic mass is 19.4. The number of aromatic nitrogens is 3. The molecule has 0 aliphatic heterocycles. The van der Waals surface area contributed by atoms with E-state index in [1.807, 2.05) is 30.3 Å². The fourth-order valence-corrected chi connectivity index (χ4v) is 2.91. The van der Waals surface area contributed by atoms with Crippen LogP contribution in [-0.2, 0) is 6.61 Å². The molecule has 0 saturated heterocycles. The van der Waals surface area contributed by atoms with Gasteiger partial charge in [-0.2, -0.15) is 18.2 Å². The molecule has 4 aromatic rings. The summed E-state index contributed by atoms with van der Waals surface area (Å²) in [5, 5.41) is 0. The van der Waals surface area contributed by atoms with Crippen LogP contribution in [0, 0.1) is 5.82 Å². The Morgan fingerprint density at radius 2 is 1.73 bits per heavy atom. The Labute approximate surface area is 168 Å². The van der Waals surface area contributed by atoms with E-state index in [1.165, 1.54) is 16.7 Å². The van der Waals surface area contributed by atoms with E-state index in [-0.39, 0.29) is 23.8 Å². The van der Waals surface area contributed by atoms with Crippen molar-refractivity contribution in [1.29, 1.82) is 0 Å². The van der Waals surface area contributed by atoms with Crippen molar-refractivity contribution in [2.75, 3.05) is 6.61 Å². The van der Waals surface area contributed by atoms with Gasteiger partial charge in [-0.15, -0.1) is 0 Å². The zero-order valence-corrected chi connectivity index (χ0v) is 15.4. The first-order chi connectivity index (χ1) is 14.4. The second-order valence-corrected chi connectivity index (χ2v) is 6.39. The summed E-state index contributed by atoms with van der Waals surface area (Å²) in [6.45, 7) is -1.29. The number of nitrogens with zero attached hydrogens (tertiary/aromatic N) is 3. The second-order valence-electron chi connectivity index (χ2n) is 6.39. The lowest BCUT2D eigenvalue weighted by molar-refractivity contribution is -0.153. The smallest absolute Gasteiger partial charge is 0.422 e. The lowest BCUT2D eigenvalue weighted by Gasteiger charge is -2.13. The van der Waals surface area contributed by atoms with Gasteiger partial charge in [0.1, 0.15) is 18.5 Å². The van der Waals surface area contributed by atoms with Crippen LogP contribution in [0.15, 0.2) is 67.1 Å². The van der Waals surface area contributed by atoms with E-state index in [0.29, 0.717) is 11.2 Å². The number of benzene rings is 2. The number of halogens is 4. The molecule has 5 nitrogen and oxygen atoms in total. The highest BCUT2D eigenvalue weighted by Gasteiger charge is 2.29. The summed E-state index contributed by atoms with van der Waals surface area (Å²) in [5.41, 5.74) is 1.83. The van der Waals surface area contributed by atoms with E-state index in [0.717, 1.165) is 11.9 Å². The van der Waals surface area contributed by atoms with Crippen LogP contribution in [0.3, 0.4) is 0 Å². The highest BCUT2D eigenvalue weighted by Crippen LogP contribution is 2.29. The monoisotopic (exact) mass is 417 g/mol. The van der Waals surface area contributed by atoms with E-state index < -0.39 is 18.6 Å². The fourth-order valence-electron chi connectivity index (χ4n) is 2.91. The minimum Gasteiger partial charge on any atom is -0.486 e. The van der Waals surface area contributed by atoms with Gasteiger partial charge in [-0.05, 0) is 23.8 Å². The van der Waals surface area contributed by atoms with Crippen LogP contribution in [0.1, 0.15) is 5.56 Å². The molecule has 30 heavy (non-hydrogen) atoms. The molecule has 154 valence electrons. The number of alkyl halides is 3. The second kappa shape index (κ2) is 8.02. The van der Waals surface area contributed by atoms with Gasteiger partial charge in [0.25, 0.3) is 0 Å². The summed E-state index contributed by atoms with van der Waals surface area (Å²) in [6.07, 6.45) is -1.85. The third-order valence-electron chi connectivity index (χ3n) is 4.24. The molecule has 0 radical (unpaired) electrons. The van der Waals surface area contributed by atoms with Crippen LogP contribution < -0.4 is 9.47 Å². The summed E-state index contributed by atoms with van der Waals surface area (Å²) in [4.78, 5) is 7.82. The van der Waals surface area contributed by atoms with Crippen molar-refractivity contribution in [3.63, 3.8) is 0 Å². The van der Waals surface area contributed by atoms with Crippen molar-refractivity contribution < 1.29 is 27.0 Å². The number of fused-ring (bicyclic) bond motifs is 1. The van der Waals surface area contributed by atoms with Crippen molar-refractivity contribution in [2.24, 2.45) is 0 Å². The Morgan fingerprint density at radius 3 is 2.47 bits per heavy atom. The molecular formula is C21H15F4N3O2. The van der Waals surface area contributed by atoms with Crippen molar-refractivity contribution in [3.8, 4) is 17.3 Å². The normalized spacial score (nSPS) is 11.6. The van der Waals surface area contributed by atoms with Gasteiger partial charge in [0.2, 0.25) is 5.88 Å². The maximum absolute atomic E-state index is 14.6. The molecule has 0 amide bonds. The minimum absolute atomic E-state index is 0.0591. The zero-order chi connectivity index (χ0) is 21.1. The third kappa shape index (κ3) is 4.35. The Bertz CT molecular complexity index is 1160. The van der Waals surface area contributed by atoms with Gasteiger partial charge in [-0.3, -0.25) is 0 Å². The Balaban J connectivity index is 1.61. The molecule has 9 heteroatoms. The number of hydrogen-bond acceptors (Lipinski definition) is 4. The van der Waals surface area contributed by atoms with Crippen LogP contribution in [0.2, 0.25) is 0 Å². The molecule has 0 N–H and O–H groups in total. The first-order valence-corrected chi connectivity index (χ1v) is 8.89. The van der Waals surface area contributed by atoms with Crippen LogP contribution >= 0.6 is 0 Å². The van der Waals surface area contributed by atoms with Crippen LogP contribution in [-0.4, -0.2) is 27.3 Å². The van der Waals surface area contributed by atoms with Crippen LogP contribution in [0.5, 0.6) is 11.6 Å². The summed E-state index contributed by atoms with van der Waals surface area (Å²) >= 11 is 0. The van der Waals surface area contributed by atoms with Crippen LogP contribution in [0.25, 0.3) is 16.7 Å². The van der Waals surface area contributed by atoms with E-state index in [9.17, 15) is 17.6 Å². The summed E-state index contributed by atoms with van der Waals surface area (Å²) in [6, 6.07) is 15.2. The standard InChI is InChI=1S/C21H15F4N3O2/c22-16-10-15(6-7-18(16)29-11-14-4-2-1-3-5-14)28-9-8-17-19(28)20(27-13-26-17)30-12-21(23,24)25/h1-10,13H,11-12H2. The molecule has 0 unspecified atom stereocenters. The van der Waals surface area contributed by atoms with Crippen molar-refractivity contribution in [1.82, 2.24) is 14.5 Å². The van der Waals surface area contributed by atoms with Crippen LogP contribution in [0.4, 0.5) is 17.6 Å². The summed E-state index contributed by atoms with van der Waals surface area (Å²) < 4.78 is 64.1. The molecule has 2 heterocycles. The molecule has 0 bridgehead atoms. The molecule has 0 spiro atoms. The number of ether oxygens (including phenoxy) is 2. The van der Waals surface area contributed by atoms with Gasteiger partial charge in [-0.25, -0.2) is 9.37 Å². The predicted molar refractivity (Wildman–Crippen MR) is 101 cm³/mol. The van der Waals surface area contributed by atoms with E-state index in [2.05, 4.69) is 9.97 Å². The molecule has 4 rings (SSSR count). The van der Waals surface area contributed by atoms with Gasteiger partial charge in [-0.1, -0.05) is 30.3 Å². The Kier molecular flexibility index (Phi) is 5.26. The zero-order valence-electron chi connectivity index (χ0n) is 15.4. The van der Waals surface area contributed by atoms with Gasteiger partial charge in [0, 0.05) is 18.0 Å². The number of hydrogen-bond donors (Lipinski definition) is 0. The average molecular weight is 417 g/mol. The van der Waals surface area contributed by atoms with Gasteiger partial charge in [0.05, 0.1) is 5.52 Å². The molecule has 0 saturated carbocycles. The predicted octanol–water partition coefficient (Wildman–Crippen LogP) is 5.08. The van der Waals surface area contributed by atoms with E-state index in [1.54, 1.807) is 18.3 Å². The van der Waals surface area contributed by atoms with Crippen molar-refractivity contribution >= 4 is 11.0 Å². The van der Waals surface area contributed by atoms with Gasteiger partial charge < -0.3 is 14.0 Å². The third-order valence-corrected chi connectivity index (χ3v) is 4.24. The van der Waals surface area contributed by atoms with E-state index >= 15 is 0 Å². The summed E-state index contributed by atoms with van der Waals surface area (Å²) in [7, 11) is 0. The quantitative estimate of drug-likeness (QED) is 0.411. The average Bonchev–Trinajstić information content (AvgIpc) is 3.16. The lowest BCUT2D eigenvalue weighted by Crippen LogP contribution is -2.20. The first kappa shape index (κ1) is 19.7. The molecule has 0 fully saturated rings. The SMILES string of the molecule is Fc1cc(-n2ccc3ncnc(OCC(F)(F)F)c32)ccc1OCc1ccccc1. The largest absolute Gasteiger partial charge is 0.486 e. The molecule has 0 atom stereocenters. The Morgan fingerprint density at radius 1 is 0.933 bits per heavy atom. The highest BCUT2D eigenvalue weighted by molar-refractivity contribution is 5.82.